The molecule has 0 amide bonds. The Morgan fingerprint density at radius 2 is 1.56 bits per heavy atom. The Kier molecular flexibility index (Phi) is 6.83. The van der Waals surface area contributed by atoms with Crippen molar-refractivity contribution in [1.82, 2.24) is 0 Å². The van der Waals surface area contributed by atoms with Crippen LogP contribution in [-0.4, -0.2) is 48.3 Å². The summed E-state index contributed by atoms with van der Waals surface area (Å²) in [5.74, 6) is -1.53. The molecule has 0 saturated carbocycles. The summed E-state index contributed by atoms with van der Waals surface area (Å²) in [6.45, 7) is 3.70. The minimum atomic E-state index is -0.859. The number of hydrogen-bond acceptors (Lipinski definition) is 8. The molecule has 1 heterocycles. The lowest BCUT2D eigenvalue weighted by Crippen LogP contribution is -2.40. The first-order valence-corrected chi connectivity index (χ1v) is 8.59. The van der Waals surface area contributed by atoms with E-state index in [4.69, 9.17) is 18.9 Å². The van der Waals surface area contributed by atoms with Gasteiger partial charge in [0.05, 0.1) is 0 Å². The van der Waals surface area contributed by atoms with Crippen molar-refractivity contribution < 1.29 is 33.3 Å². The average Bonchev–Trinajstić information content (AvgIpc) is 2.82. The zero-order chi connectivity index (χ0) is 18.4. The van der Waals surface area contributed by atoms with Gasteiger partial charge < -0.3 is 18.9 Å². The van der Waals surface area contributed by atoms with Crippen molar-refractivity contribution in [3.05, 3.63) is 30.3 Å². The molecule has 1 aliphatic heterocycles. The summed E-state index contributed by atoms with van der Waals surface area (Å²) < 4.78 is 21.5. The van der Waals surface area contributed by atoms with Gasteiger partial charge >= 0.3 is 17.9 Å². The van der Waals surface area contributed by atoms with Gasteiger partial charge in [0.15, 0.2) is 12.2 Å². The zero-order valence-electron chi connectivity index (χ0n) is 14.2. The molecule has 4 atom stereocenters. The van der Waals surface area contributed by atoms with E-state index in [9.17, 15) is 14.4 Å². The van der Waals surface area contributed by atoms with Gasteiger partial charge in [-0.1, -0.05) is 30.0 Å². The minimum absolute atomic E-state index is 0.100. The van der Waals surface area contributed by atoms with Gasteiger partial charge in [0.1, 0.15) is 18.1 Å². The van der Waals surface area contributed by atoms with Gasteiger partial charge in [-0.15, -0.1) is 0 Å². The van der Waals surface area contributed by atoms with Crippen LogP contribution in [0.25, 0.3) is 0 Å². The second-order valence-electron chi connectivity index (χ2n) is 5.42. The largest absolute Gasteiger partial charge is 0.463 e. The van der Waals surface area contributed by atoms with Gasteiger partial charge in [0.25, 0.3) is 0 Å². The quantitative estimate of drug-likeness (QED) is 0.556. The summed E-state index contributed by atoms with van der Waals surface area (Å²) >= 11 is 1.34. The van der Waals surface area contributed by atoms with Crippen LogP contribution in [0.4, 0.5) is 0 Å². The van der Waals surface area contributed by atoms with Gasteiger partial charge in [0, 0.05) is 25.7 Å². The molecule has 0 N–H and O–H groups in total. The summed E-state index contributed by atoms with van der Waals surface area (Å²) in [6, 6.07) is 9.41. The minimum Gasteiger partial charge on any atom is -0.463 e. The van der Waals surface area contributed by atoms with Gasteiger partial charge in [-0.25, -0.2) is 0 Å². The van der Waals surface area contributed by atoms with Crippen LogP contribution >= 0.6 is 11.8 Å². The third-order valence-electron chi connectivity index (χ3n) is 3.32. The molecule has 1 saturated heterocycles. The molecule has 8 heteroatoms. The highest BCUT2D eigenvalue weighted by molar-refractivity contribution is 7.99. The van der Waals surface area contributed by atoms with Crippen LogP contribution < -0.4 is 0 Å². The molecule has 25 heavy (non-hydrogen) atoms. The highest BCUT2D eigenvalue weighted by Gasteiger charge is 2.50. The van der Waals surface area contributed by atoms with Gasteiger partial charge in [-0.05, 0) is 12.1 Å². The predicted molar refractivity (Wildman–Crippen MR) is 88.7 cm³/mol. The Morgan fingerprint density at radius 3 is 2.12 bits per heavy atom. The lowest BCUT2D eigenvalue weighted by atomic mass is 10.1. The van der Waals surface area contributed by atoms with Gasteiger partial charge in [-0.3, -0.25) is 14.4 Å². The fraction of sp³-hybridized carbons (Fsp3) is 0.471. The number of benzene rings is 1. The maximum absolute atomic E-state index is 11.5. The van der Waals surface area contributed by atoms with Crippen molar-refractivity contribution in [2.75, 3.05) is 6.61 Å². The summed E-state index contributed by atoms with van der Waals surface area (Å²) in [4.78, 5) is 34.9. The Morgan fingerprint density at radius 1 is 0.960 bits per heavy atom. The lowest BCUT2D eigenvalue weighted by Gasteiger charge is -2.23. The van der Waals surface area contributed by atoms with E-state index >= 15 is 0 Å². The second-order valence-corrected chi connectivity index (χ2v) is 6.60. The summed E-state index contributed by atoms with van der Waals surface area (Å²) in [6.07, 6.45) is -2.40. The molecule has 0 aliphatic carbocycles. The number of hydrogen-bond donors (Lipinski definition) is 0. The molecule has 0 spiro atoms. The lowest BCUT2D eigenvalue weighted by molar-refractivity contribution is -0.165. The van der Waals surface area contributed by atoms with Crippen molar-refractivity contribution >= 4 is 29.7 Å². The SMILES string of the molecule is CC(=O)OCC1OC(Sc2ccccc2)C(OC(C)=O)C1OC(C)=O. The third-order valence-corrected chi connectivity index (χ3v) is 4.47. The van der Waals surface area contributed by atoms with E-state index < -0.39 is 41.7 Å². The van der Waals surface area contributed by atoms with Crippen molar-refractivity contribution in [2.45, 2.75) is 49.4 Å². The normalized spacial score (nSPS) is 25.2. The maximum atomic E-state index is 11.5. The zero-order valence-corrected chi connectivity index (χ0v) is 15.0. The number of thioether (sulfide) groups is 1. The van der Waals surface area contributed by atoms with E-state index in [2.05, 4.69) is 0 Å². The van der Waals surface area contributed by atoms with Crippen LogP contribution in [-0.2, 0) is 33.3 Å². The molecule has 1 aliphatic rings. The molecule has 0 bridgehead atoms. The molecule has 0 aromatic heterocycles. The molecule has 4 unspecified atom stereocenters. The first-order chi connectivity index (χ1) is 11.9. The maximum Gasteiger partial charge on any atom is 0.303 e. The standard InChI is InChI=1S/C17H20O7S/c1-10(18)21-9-14-15(22-11(2)19)16(23-12(3)20)17(24-14)25-13-7-5-4-6-8-13/h4-8,14-17H,9H2,1-3H3. The second kappa shape index (κ2) is 8.87. The number of rotatable bonds is 6. The third kappa shape index (κ3) is 5.75. The number of esters is 3. The van der Waals surface area contributed by atoms with E-state index in [1.807, 2.05) is 30.3 Å². The monoisotopic (exact) mass is 368 g/mol. The molecule has 2 rings (SSSR count). The fourth-order valence-electron chi connectivity index (χ4n) is 2.40. The van der Waals surface area contributed by atoms with Crippen LogP contribution in [0.2, 0.25) is 0 Å². The summed E-state index contributed by atoms with van der Waals surface area (Å²) in [7, 11) is 0. The fourth-order valence-corrected chi connectivity index (χ4v) is 3.53. The molecule has 136 valence electrons. The molecular weight excluding hydrogens is 348 g/mol. The van der Waals surface area contributed by atoms with Crippen LogP contribution in [0.3, 0.4) is 0 Å². The number of ether oxygens (including phenoxy) is 4. The van der Waals surface area contributed by atoms with Gasteiger partial charge in [0.2, 0.25) is 0 Å². The Labute approximate surface area is 150 Å². The first-order valence-electron chi connectivity index (χ1n) is 7.71. The topological polar surface area (TPSA) is 88.1 Å². The van der Waals surface area contributed by atoms with E-state index in [0.717, 1.165) is 4.90 Å². The molecule has 1 fully saturated rings. The van der Waals surface area contributed by atoms with Crippen LogP contribution in [0, 0.1) is 0 Å². The van der Waals surface area contributed by atoms with Crippen molar-refractivity contribution in [3.63, 3.8) is 0 Å². The van der Waals surface area contributed by atoms with Crippen LogP contribution in [0.15, 0.2) is 35.2 Å². The smallest absolute Gasteiger partial charge is 0.303 e. The van der Waals surface area contributed by atoms with E-state index in [-0.39, 0.29) is 6.61 Å². The van der Waals surface area contributed by atoms with Crippen LogP contribution in [0.1, 0.15) is 20.8 Å². The van der Waals surface area contributed by atoms with E-state index in [1.54, 1.807) is 0 Å². The Bertz CT molecular complexity index is 619. The Hall–Kier alpha value is -2.06. The molecule has 0 radical (unpaired) electrons. The molecular formula is C17H20O7S. The highest BCUT2D eigenvalue weighted by atomic mass is 32.2. The van der Waals surface area contributed by atoms with Crippen LogP contribution in [0.5, 0.6) is 0 Å². The van der Waals surface area contributed by atoms with Gasteiger partial charge in [-0.2, -0.15) is 0 Å². The molecule has 1 aromatic carbocycles. The van der Waals surface area contributed by atoms with Crippen molar-refractivity contribution in [3.8, 4) is 0 Å². The summed E-state index contributed by atoms with van der Waals surface area (Å²) in [5, 5.41) is 0. The summed E-state index contributed by atoms with van der Waals surface area (Å²) in [5.41, 5.74) is -0.601. The first kappa shape index (κ1) is 19.3. The van der Waals surface area contributed by atoms with Crippen molar-refractivity contribution in [1.29, 1.82) is 0 Å². The average molecular weight is 368 g/mol. The van der Waals surface area contributed by atoms with E-state index in [0.29, 0.717) is 0 Å². The highest BCUT2D eigenvalue weighted by Crippen LogP contribution is 2.37. The molecule has 1 aromatic rings. The predicted octanol–water partition coefficient (Wildman–Crippen LogP) is 1.93. The Balaban J connectivity index is 2.21. The van der Waals surface area contributed by atoms with E-state index in [1.165, 1.54) is 32.5 Å². The molecule has 7 nitrogen and oxygen atoms in total. The number of carbonyl (C=O) groups excluding carboxylic acids is 3. The number of carbonyl (C=O) groups is 3. The van der Waals surface area contributed by atoms with Crippen molar-refractivity contribution in [2.24, 2.45) is 0 Å².